The summed E-state index contributed by atoms with van der Waals surface area (Å²) in [6, 6.07) is 7.77. The second-order valence-electron chi connectivity index (χ2n) is 5.48. The molecule has 0 saturated heterocycles. The van der Waals surface area contributed by atoms with Gasteiger partial charge in [0.15, 0.2) is 5.65 Å². The topological polar surface area (TPSA) is 56.2 Å². The fraction of sp³-hybridized carbons (Fsp3) is 0.250. The highest BCUT2D eigenvalue weighted by Gasteiger charge is 2.22. The lowest BCUT2D eigenvalue weighted by Gasteiger charge is -2.07. The van der Waals surface area contributed by atoms with Gasteiger partial charge in [0.1, 0.15) is 5.82 Å². The highest BCUT2D eigenvalue weighted by molar-refractivity contribution is 6.30. The predicted octanol–water partition coefficient (Wildman–Crippen LogP) is 3.43. The van der Waals surface area contributed by atoms with E-state index in [9.17, 15) is 0 Å². The van der Waals surface area contributed by atoms with Crippen molar-refractivity contribution in [3.63, 3.8) is 0 Å². The molecular weight excluding hydrogens is 284 g/mol. The predicted molar refractivity (Wildman–Crippen MR) is 84.6 cm³/mol. The van der Waals surface area contributed by atoms with Gasteiger partial charge in [-0.05, 0) is 43.9 Å². The van der Waals surface area contributed by atoms with Crippen LogP contribution in [0.4, 0.5) is 5.82 Å². The smallest absolute Gasteiger partial charge is 0.165 e. The third kappa shape index (κ3) is 1.83. The average molecular weight is 299 g/mol. The number of nitrogen functional groups attached to an aromatic ring is 1. The minimum Gasteiger partial charge on any atom is -0.383 e. The molecule has 0 unspecified atom stereocenters. The van der Waals surface area contributed by atoms with Gasteiger partial charge in [-0.25, -0.2) is 4.98 Å². The van der Waals surface area contributed by atoms with Crippen molar-refractivity contribution in [2.75, 3.05) is 5.73 Å². The molecule has 0 spiro atoms. The number of benzene rings is 1. The summed E-state index contributed by atoms with van der Waals surface area (Å²) < 4.78 is 1.78. The first-order valence-electron chi connectivity index (χ1n) is 7.07. The Morgan fingerprint density at radius 1 is 1.19 bits per heavy atom. The van der Waals surface area contributed by atoms with Crippen LogP contribution in [0.5, 0.6) is 0 Å². The number of halogens is 1. The number of nitrogens with two attached hydrogens (primary N) is 1. The van der Waals surface area contributed by atoms with Gasteiger partial charge in [-0.1, -0.05) is 23.7 Å². The van der Waals surface area contributed by atoms with Gasteiger partial charge < -0.3 is 5.73 Å². The lowest BCUT2D eigenvalue weighted by Crippen LogP contribution is -2.06. The second kappa shape index (κ2) is 4.46. The normalized spacial score (nSPS) is 13.8. The Bertz CT molecular complexity index is 849. The van der Waals surface area contributed by atoms with Gasteiger partial charge >= 0.3 is 0 Å². The van der Waals surface area contributed by atoms with Gasteiger partial charge in [-0.3, -0.25) is 0 Å². The quantitative estimate of drug-likeness (QED) is 0.749. The summed E-state index contributed by atoms with van der Waals surface area (Å²) >= 11 is 5.98. The molecule has 106 valence electrons. The van der Waals surface area contributed by atoms with Gasteiger partial charge in [-0.15, -0.1) is 0 Å². The third-order valence-electron chi connectivity index (χ3n) is 4.14. The van der Waals surface area contributed by atoms with E-state index in [-0.39, 0.29) is 0 Å². The molecule has 3 aromatic rings. The van der Waals surface area contributed by atoms with E-state index in [1.54, 1.807) is 4.52 Å². The molecule has 0 saturated carbocycles. The van der Waals surface area contributed by atoms with Crippen molar-refractivity contribution in [1.82, 2.24) is 14.6 Å². The summed E-state index contributed by atoms with van der Waals surface area (Å²) in [5.41, 5.74) is 12.4. The molecule has 4 rings (SSSR count). The van der Waals surface area contributed by atoms with Crippen LogP contribution >= 0.6 is 11.6 Å². The fourth-order valence-corrected chi connectivity index (χ4v) is 3.25. The molecule has 5 heteroatoms. The molecule has 21 heavy (non-hydrogen) atoms. The van der Waals surface area contributed by atoms with Gasteiger partial charge in [0.05, 0.1) is 5.69 Å². The second-order valence-corrected chi connectivity index (χ2v) is 5.91. The highest BCUT2D eigenvalue weighted by atomic mass is 35.5. The van der Waals surface area contributed by atoms with Crippen LogP contribution in [0, 0.1) is 6.92 Å². The molecule has 4 nitrogen and oxygen atoms in total. The first kappa shape index (κ1) is 12.7. The molecule has 0 bridgehead atoms. The minimum atomic E-state index is 0.723. The largest absolute Gasteiger partial charge is 0.383 e. The van der Waals surface area contributed by atoms with Crippen molar-refractivity contribution in [1.29, 1.82) is 0 Å². The van der Waals surface area contributed by atoms with Crippen molar-refractivity contribution in [2.45, 2.75) is 26.2 Å². The summed E-state index contributed by atoms with van der Waals surface area (Å²) in [6.45, 7) is 1.99. The first-order chi connectivity index (χ1) is 10.1. The zero-order valence-electron chi connectivity index (χ0n) is 11.7. The Labute approximate surface area is 127 Å². The summed E-state index contributed by atoms with van der Waals surface area (Å²) in [5.74, 6) is 0.732. The zero-order valence-corrected chi connectivity index (χ0v) is 12.5. The van der Waals surface area contributed by atoms with Crippen LogP contribution in [0.15, 0.2) is 24.3 Å². The SMILES string of the molecule is Cc1nn2c(N)c3c(nc2c1-c1ccc(Cl)cc1)CCC3. The fourth-order valence-electron chi connectivity index (χ4n) is 3.12. The van der Waals surface area contributed by atoms with Crippen LogP contribution < -0.4 is 5.73 Å². The van der Waals surface area contributed by atoms with Crippen LogP contribution in [0.1, 0.15) is 23.4 Å². The van der Waals surface area contributed by atoms with Crippen LogP contribution in [-0.2, 0) is 12.8 Å². The average Bonchev–Trinajstić information content (AvgIpc) is 3.05. The number of rotatable bonds is 1. The molecule has 1 aromatic carbocycles. The first-order valence-corrected chi connectivity index (χ1v) is 7.45. The molecular formula is C16H15ClN4. The Balaban J connectivity index is 2.03. The summed E-state index contributed by atoms with van der Waals surface area (Å²) in [5, 5.41) is 5.31. The van der Waals surface area contributed by atoms with Gasteiger partial charge in [-0.2, -0.15) is 9.61 Å². The Kier molecular flexibility index (Phi) is 2.69. The van der Waals surface area contributed by atoms with E-state index < -0.39 is 0 Å². The standard InChI is InChI=1S/C16H15ClN4/c1-9-14(10-5-7-11(17)8-6-10)16-19-13-4-2-3-12(13)15(18)21(16)20-9/h5-8H,2-4,18H2,1H3. The van der Waals surface area contributed by atoms with Crippen LogP contribution in [0.2, 0.25) is 5.02 Å². The number of aryl methyl sites for hydroxylation is 2. The molecule has 0 amide bonds. The van der Waals surface area contributed by atoms with E-state index >= 15 is 0 Å². The van der Waals surface area contributed by atoms with Crippen LogP contribution in [-0.4, -0.2) is 14.6 Å². The maximum atomic E-state index is 6.29. The Morgan fingerprint density at radius 2 is 1.95 bits per heavy atom. The number of aromatic nitrogens is 3. The molecule has 2 aromatic heterocycles. The maximum absolute atomic E-state index is 6.29. The summed E-state index contributed by atoms with van der Waals surface area (Å²) in [4.78, 5) is 4.82. The van der Waals surface area contributed by atoms with Crippen LogP contribution in [0.3, 0.4) is 0 Å². The minimum absolute atomic E-state index is 0.723. The van der Waals surface area contributed by atoms with Crippen molar-refractivity contribution >= 4 is 23.1 Å². The molecule has 0 fully saturated rings. The molecule has 1 aliphatic rings. The number of anilines is 1. The van der Waals surface area contributed by atoms with Crippen LogP contribution in [0.25, 0.3) is 16.8 Å². The Hall–Kier alpha value is -2.07. The van der Waals surface area contributed by atoms with E-state index in [0.29, 0.717) is 0 Å². The maximum Gasteiger partial charge on any atom is 0.165 e. The number of hydrogen-bond donors (Lipinski definition) is 1. The lowest BCUT2D eigenvalue weighted by molar-refractivity contribution is 0.901. The van der Waals surface area contributed by atoms with Gasteiger partial charge in [0.2, 0.25) is 0 Å². The zero-order chi connectivity index (χ0) is 14.6. The molecule has 0 aliphatic heterocycles. The number of hydrogen-bond acceptors (Lipinski definition) is 3. The molecule has 1 aliphatic carbocycles. The van der Waals surface area contributed by atoms with E-state index in [2.05, 4.69) is 5.10 Å². The van der Waals surface area contributed by atoms with E-state index in [1.807, 2.05) is 31.2 Å². The lowest BCUT2D eigenvalue weighted by atomic mass is 10.1. The van der Waals surface area contributed by atoms with Crippen molar-refractivity contribution in [3.8, 4) is 11.1 Å². The van der Waals surface area contributed by atoms with Crippen molar-refractivity contribution in [3.05, 3.63) is 46.2 Å². The van der Waals surface area contributed by atoms with E-state index in [1.165, 1.54) is 0 Å². The van der Waals surface area contributed by atoms with Crippen molar-refractivity contribution in [2.24, 2.45) is 0 Å². The number of fused-ring (bicyclic) bond motifs is 2. The molecule has 0 atom stereocenters. The monoisotopic (exact) mass is 298 g/mol. The number of nitrogens with zero attached hydrogens (tertiary/aromatic N) is 3. The molecule has 2 heterocycles. The van der Waals surface area contributed by atoms with Crippen molar-refractivity contribution < 1.29 is 0 Å². The summed E-state index contributed by atoms with van der Waals surface area (Å²) in [7, 11) is 0. The highest BCUT2D eigenvalue weighted by Crippen LogP contribution is 2.33. The van der Waals surface area contributed by atoms with E-state index in [4.69, 9.17) is 22.3 Å². The molecule has 0 radical (unpaired) electrons. The summed E-state index contributed by atoms with van der Waals surface area (Å²) in [6.07, 6.45) is 3.12. The third-order valence-corrected chi connectivity index (χ3v) is 4.39. The van der Waals surface area contributed by atoms with E-state index in [0.717, 1.165) is 63.8 Å². The Morgan fingerprint density at radius 3 is 2.71 bits per heavy atom. The van der Waals surface area contributed by atoms with Gasteiger partial charge in [0, 0.05) is 21.8 Å². The molecule has 2 N–H and O–H groups in total. The van der Waals surface area contributed by atoms with Gasteiger partial charge in [0.25, 0.3) is 0 Å².